The van der Waals surface area contributed by atoms with Crippen LogP contribution < -0.4 is 10.2 Å². The molecule has 2 atom stereocenters. The van der Waals surface area contributed by atoms with Gasteiger partial charge in [0.1, 0.15) is 17.6 Å². The van der Waals surface area contributed by atoms with Crippen molar-refractivity contribution in [2.75, 3.05) is 4.90 Å². The Hall–Kier alpha value is -3.42. The molecular weight excluding hydrogens is 430 g/mol. The minimum absolute atomic E-state index is 0.0937. The van der Waals surface area contributed by atoms with Gasteiger partial charge < -0.3 is 19.9 Å². The van der Waals surface area contributed by atoms with Gasteiger partial charge in [0.15, 0.2) is 5.11 Å². The largest absolute Gasteiger partial charge is 0.506 e. The molecule has 1 aliphatic rings. The molecule has 4 aromatic rings. The van der Waals surface area contributed by atoms with Crippen molar-refractivity contribution < 1.29 is 5.11 Å². The van der Waals surface area contributed by atoms with Crippen molar-refractivity contribution in [1.82, 2.24) is 19.9 Å². The van der Waals surface area contributed by atoms with Crippen molar-refractivity contribution in [2.45, 2.75) is 12.1 Å². The molecule has 31 heavy (non-hydrogen) atoms. The number of aromatic nitrogens is 3. The summed E-state index contributed by atoms with van der Waals surface area (Å²) >= 11 is 12.0. The Morgan fingerprint density at radius 1 is 0.968 bits per heavy atom. The summed E-state index contributed by atoms with van der Waals surface area (Å²) in [5, 5.41) is 15.0. The minimum atomic E-state index is -0.302. The highest BCUT2D eigenvalue weighted by Crippen LogP contribution is 2.45. The van der Waals surface area contributed by atoms with E-state index in [2.05, 4.69) is 15.3 Å². The number of halogens is 1. The number of pyridine rings is 2. The highest BCUT2D eigenvalue weighted by atomic mass is 35.5. The maximum absolute atomic E-state index is 10.6. The molecule has 0 bridgehead atoms. The monoisotopic (exact) mass is 447 g/mol. The van der Waals surface area contributed by atoms with Crippen LogP contribution in [0.4, 0.5) is 5.69 Å². The van der Waals surface area contributed by atoms with Gasteiger partial charge >= 0.3 is 0 Å². The molecule has 1 fully saturated rings. The van der Waals surface area contributed by atoms with Gasteiger partial charge in [0, 0.05) is 29.3 Å². The van der Waals surface area contributed by atoms with Gasteiger partial charge in [-0.3, -0.25) is 4.98 Å². The first-order valence-electron chi connectivity index (χ1n) is 9.71. The smallest absolute Gasteiger partial charge is 0.174 e. The molecule has 1 aliphatic heterocycles. The lowest BCUT2D eigenvalue weighted by Gasteiger charge is -2.29. The molecule has 1 aromatic carbocycles. The van der Waals surface area contributed by atoms with E-state index in [0.29, 0.717) is 15.8 Å². The van der Waals surface area contributed by atoms with Gasteiger partial charge in [0.05, 0.1) is 17.4 Å². The van der Waals surface area contributed by atoms with Crippen molar-refractivity contribution in [3.63, 3.8) is 0 Å². The summed E-state index contributed by atoms with van der Waals surface area (Å²) in [6.45, 7) is 0. The van der Waals surface area contributed by atoms with E-state index in [1.54, 1.807) is 30.6 Å². The van der Waals surface area contributed by atoms with Crippen LogP contribution in [-0.4, -0.2) is 24.8 Å². The van der Waals surface area contributed by atoms with E-state index in [1.165, 1.54) is 0 Å². The van der Waals surface area contributed by atoms with E-state index >= 15 is 0 Å². The number of rotatable bonds is 4. The van der Waals surface area contributed by atoms with E-state index in [9.17, 15) is 5.11 Å². The number of phenols is 1. The van der Waals surface area contributed by atoms with Crippen LogP contribution in [0.5, 0.6) is 5.75 Å². The maximum Gasteiger partial charge on any atom is 0.174 e. The minimum Gasteiger partial charge on any atom is -0.506 e. The van der Waals surface area contributed by atoms with Gasteiger partial charge in [-0.25, -0.2) is 4.98 Å². The number of nitrogens with one attached hydrogen (secondary N) is 1. The van der Waals surface area contributed by atoms with Crippen LogP contribution in [0.1, 0.15) is 23.5 Å². The number of hydrogen-bond acceptors (Lipinski definition) is 4. The zero-order chi connectivity index (χ0) is 21.4. The fourth-order valence-corrected chi connectivity index (χ4v) is 4.45. The summed E-state index contributed by atoms with van der Waals surface area (Å²) in [6, 6.07) is 19.9. The van der Waals surface area contributed by atoms with Crippen molar-refractivity contribution >= 4 is 34.6 Å². The molecule has 6 nitrogen and oxygen atoms in total. The third-order valence-electron chi connectivity index (χ3n) is 5.27. The lowest BCUT2D eigenvalue weighted by atomic mass is 10.0. The Balaban J connectivity index is 1.70. The van der Waals surface area contributed by atoms with Crippen LogP contribution in [0.2, 0.25) is 5.02 Å². The Morgan fingerprint density at radius 3 is 2.52 bits per heavy atom. The van der Waals surface area contributed by atoms with Crippen LogP contribution in [0.15, 0.2) is 85.3 Å². The van der Waals surface area contributed by atoms with Crippen LogP contribution in [0.3, 0.4) is 0 Å². The first kappa shape index (κ1) is 19.5. The molecule has 0 saturated carbocycles. The molecular formula is C23H18ClN5OS. The quantitative estimate of drug-likeness (QED) is 0.438. The maximum atomic E-state index is 10.6. The Kier molecular flexibility index (Phi) is 5.05. The van der Waals surface area contributed by atoms with Gasteiger partial charge in [0.25, 0.3) is 0 Å². The molecule has 3 aromatic heterocycles. The molecule has 2 N–H and O–H groups in total. The Morgan fingerprint density at radius 2 is 1.77 bits per heavy atom. The highest BCUT2D eigenvalue weighted by molar-refractivity contribution is 7.80. The van der Waals surface area contributed by atoms with Crippen molar-refractivity contribution in [3.8, 4) is 11.6 Å². The molecule has 0 spiro atoms. The fourth-order valence-electron chi connectivity index (χ4n) is 3.94. The molecule has 4 heterocycles. The predicted molar refractivity (Wildman–Crippen MR) is 125 cm³/mol. The third-order valence-corrected chi connectivity index (χ3v) is 5.82. The molecule has 0 radical (unpaired) electrons. The average Bonchev–Trinajstić information content (AvgIpc) is 3.41. The molecule has 8 heteroatoms. The predicted octanol–water partition coefficient (Wildman–Crippen LogP) is 4.80. The lowest BCUT2D eigenvalue weighted by Crippen LogP contribution is -2.30. The van der Waals surface area contributed by atoms with E-state index < -0.39 is 0 Å². The number of aromatic hydroxyl groups is 1. The lowest BCUT2D eigenvalue weighted by molar-refractivity contribution is 0.472. The van der Waals surface area contributed by atoms with E-state index in [1.807, 2.05) is 64.2 Å². The second-order valence-corrected chi connectivity index (χ2v) is 7.94. The van der Waals surface area contributed by atoms with E-state index in [0.717, 1.165) is 17.2 Å². The van der Waals surface area contributed by atoms with Gasteiger partial charge in [-0.15, -0.1) is 0 Å². The van der Waals surface area contributed by atoms with Crippen molar-refractivity contribution in [3.05, 3.63) is 102 Å². The Labute approximate surface area is 189 Å². The van der Waals surface area contributed by atoms with Gasteiger partial charge in [-0.05, 0) is 66.8 Å². The number of nitrogens with zero attached hydrogens (tertiary/aromatic N) is 4. The first-order valence-corrected chi connectivity index (χ1v) is 10.5. The van der Waals surface area contributed by atoms with E-state index in [4.69, 9.17) is 23.8 Å². The van der Waals surface area contributed by atoms with Crippen LogP contribution in [-0.2, 0) is 0 Å². The first-order chi connectivity index (χ1) is 15.1. The number of benzene rings is 1. The highest BCUT2D eigenvalue weighted by Gasteiger charge is 2.43. The molecule has 0 unspecified atom stereocenters. The zero-order valence-electron chi connectivity index (χ0n) is 16.3. The normalized spacial score (nSPS) is 18.2. The standard InChI is InChI=1S/C23H18ClN5OS/c24-15-9-10-19(30)18(14-15)29-22(21(27-23(29)31)16-6-1-3-11-25-16)17-7-5-13-28(17)20-8-2-4-12-26-20/h1-14,21-22,30H,(H,27,31)/t21-,22+/m0/s1. The van der Waals surface area contributed by atoms with Crippen LogP contribution >= 0.6 is 23.8 Å². The van der Waals surface area contributed by atoms with Gasteiger partial charge in [0.2, 0.25) is 0 Å². The van der Waals surface area contributed by atoms with Crippen molar-refractivity contribution in [2.24, 2.45) is 0 Å². The van der Waals surface area contributed by atoms with Crippen LogP contribution in [0, 0.1) is 0 Å². The summed E-state index contributed by atoms with van der Waals surface area (Å²) in [7, 11) is 0. The second-order valence-electron chi connectivity index (χ2n) is 7.12. The number of hydrogen-bond donors (Lipinski definition) is 2. The topological polar surface area (TPSA) is 66.2 Å². The molecule has 0 amide bonds. The van der Waals surface area contributed by atoms with Crippen molar-refractivity contribution in [1.29, 1.82) is 0 Å². The SMILES string of the molecule is Oc1ccc(Cl)cc1N1C(=S)N[C@@H](c2ccccn2)[C@H]1c1cccn1-c1ccccn1. The summed E-state index contributed by atoms with van der Waals surface area (Å²) in [4.78, 5) is 11.0. The zero-order valence-corrected chi connectivity index (χ0v) is 17.8. The third kappa shape index (κ3) is 3.52. The molecule has 5 rings (SSSR count). The van der Waals surface area contributed by atoms with Gasteiger partial charge in [-0.2, -0.15) is 0 Å². The fraction of sp³-hybridized carbons (Fsp3) is 0.0870. The number of thiocarbonyl (C=S) groups is 1. The Bertz CT molecular complexity index is 1230. The second kappa shape index (κ2) is 8.02. The molecule has 1 saturated heterocycles. The molecule has 0 aliphatic carbocycles. The summed E-state index contributed by atoms with van der Waals surface area (Å²) in [5.74, 6) is 0.881. The number of anilines is 1. The number of phenolic OH excluding ortho intramolecular Hbond substituents is 1. The average molecular weight is 448 g/mol. The molecule has 154 valence electrons. The van der Waals surface area contributed by atoms with Gasteiger partial charge in [-0.1, -0.05) is 23.7 Å². The summed E-state index contributed by atoms with van der Waals surface area (Å²) in [5.41, 5.74) is 2.32. The summed E-state index contributed by atoms with van der Waals surface area (Å²) < 4.78 is 2.02. The summed E-state index contributed by atoms with van der Waals surface area (Å²) in [6.07, 6.45) is 5.48. The van der Waals surface area contributed by atoms with Crippen LogP contribution in [0.25, 0.3) is 5.82 Å². The van der Waals surface area contributed by atoms with E-state index in [-0.39, 0.29) is 17.8 Å².